The highest BCUT2D eigenvalue weighted by molar-refractivity contribution is 5.49. The first-order valence-corrected chi connectivity index (χ1v) is 4.45. The summed E-state index contributed by atoms with van der Waals surface area (Å²) in [7, 11) is 0. The lowest BCUT2D eigenvalue weighted by Crippen LogP contribution is -2.10. The minimum Gasteiger partial charge on any atom is -0.301 e. The van der Waals surface area contributed by atoms with Crippen LogP contribution in [0.5, 0.6) is 0 Å². The van der Waals surface area contributed by atoms with Crippen molar-refractivity contribution >= 4 is 6.29 Å². The van der Waals surface area contributed by atoms with E-state index < -0.39 is 11.9 Å². The second-order valence-corrected chi connectivity index (χ2v) is 3.46. The van der Waals surface area contributed by atoms with E-state index in [4.69, 9.17) is 0 Å². The first-order chi connectivity index (χ1) is 6.86. The molecule has 0 aromatic carbocycles. The Kier molecular flexibility index (Phi) is 3.16. The van der Waals surface area contributed by atoms with Crippen LogP contribution in [0.3, 0.4) is 0 Å². The predicted octanol–water partition coefficient (Wildman–Crippen LogP) is 2.22. The Labute approximate surface area is 84.9 Å². The molecule has 0 spiro atoms. The average molecular weight is 220 g/mol. The quantitative estimate of drug-likeness (QED) is 0.732. The molecule has 0 fully saturated rings. The summed E-state index contributed by atoms with van der Waals surface area (Å²) in [5.74, 6) is -0.103. The highest BCUT2D eigenvalue weighted by atomic mass is 19.4. The summed E-state index contributed by atoms with van der Waals surface area (Å²) in [5.41, 5.74) is -0.539. The molecule has 0 N–H and O–H groups in total. The Bertz CT molecular complexity index is 355. The van der Waals surface area contributed by atoms with Gasteiger partial charge in [-0.15, -0.1) is 0 Å². The molecule has 0 unspecified atom stereocenters. The molecule has 0 aliphatic rings. The largest absolute Gasteiger partial charge is 0.435 e. The van der Waals surface area contributed by atoms with E-state index in [-0.39, 0.29) is 12.5 Å². The lowest BCUT2D eigenvalue weighted by Gasteiger charge is -2.05. The van der Waals surface area contributed by atoms with Gasteiger partial charge in [0.15, 0.2) is 5.69 Å². The van der Waals surface area contributed by atoms with Crippen LogP contribution in [0.25, 0.3) is 0 Å². The van der Waals surface area contributed by atoms with Crippen molar-refractivity contribution in [3.8, 4) is 0 Å². The van der Waals surface area contributed by atoms with Crippen molar-refractivity contribution in [3.05, 3.63) is 17.5 Å². The maximum Gasteiger partial charge on any atom is 0.435 e. The van der Waals surface area contributed by atoms with Gasteiger partial charge in [-0.1, -0.05) is 13.8 Å². The molecule has 0 saturated heterocycles. The molecule has 0 saturated carbocycles. The standard InChI is InChI=1S/C9H11F3N2O/c1-6(2)7-5-8(9(10,11)12)13-14(7)3-4-15/h4-6H,3H2,1-2H3. The van der Waals surface area contributed by atoms with Crippen molar-refractivity contribution < 1.29 is 18.0 Å². The fourth-order valence-corrected chi connectivity index (χ4v) is 1.25. The number of hydrogen-bond acceptors (Lipinski definition) is 2. The van der Waals surface area contributed by atoms with Crippen molar-refractivity contribution in [3.63, 3.8) is 0 Å². The van der Waals surface area contributed by atoms with Gasteiger partial charge >= 0.3 is 6.18 Å². The van der Waals surface area contributed by atoms with Crippen LogP contribution in [0.1, 0.15) is 31.2 Å². The van der Waals surface area contributed by atoms with Crippen molar-refractivity contribution in [2.24, 2.45) is 0 Å². The van der Waals surface area contributed by atoms with Crippen molar-refractivity contribution in [1.29, 1.82) is 0 Å². The number of carbonyl (C=O) groups is 1. The zero-order valence-corrected chi connectivity index (χ0v) is 8.38. The molecule has 1 heterocycles. The van der Waals surface area contributed by atoms with Gasteiger partial charge in [0.05, 0.1) is 6.54 Å². The number of hydrogen-bond donors (Lipinski definition) is 0. The van der Waals surface area contributed by atoms with Crippen molar-refractivity contribution in [2.75, 3.05) is 0 Å². The Morgan fingerprint density at radius 1 is 1.53 bits per heavy atom. The fraction of sp³-hybridized carbons (Fsp3) is 0.556. The highest BCUT2D eigenvalue weighted by Gasteiger charge is 2.35. The maximum absolute atomic E-state index is 12.3. The summed E-state index contributed by atoms with van der Waals surface area (Å²) >= 11 is 0. The molecule has 1 aromatic rings. The van der Waals surface area contributed by atoms with E-state index in [9.17, 15) is 18.0 Å². The number of aldehydes is 1. The Morgan fingerprint density at radius 3 is 2.53 bits per heavy atom. The van der Waals surface area contributed by atoms with Gasteiger partial charge in [-0.05, 0) is 12.0 Å². The van der Waals surface area contributed by atoms with Gasteiger partial charge in [-0.3, -0.25) is 4.68 Å². The van der Waals surface area contributed by atoms with E-state index in [1.54, 1.807) is 13.8 Å². The summed E-state index contributed by atoms with van der Waals surface area (Å²) in [6, 6.07) is 0.980. The number of nitrogens with zero attached hydrogens (tertiary/aromatic N) is 2. The third-order valence-corrected chi connectivity index (χ3v) is 1.94. The molecule has 1 rings (SSSR count). The Morgan fingerprint density at radius 2 is 2.13 bits per heavy atom. The van der Waals surface area contributed by atoms with E-state index in [0.717, 1.165) is 10.7 Å². The topological polar surface area (TPSA) is 34.9 Å². The predicted molar refractivity (Wildman–Crippen MR) is 47.4 cm³/mol. The second kappa shape index (κ2) is 4.04. The van der Waals surface area contributed by atoms with Gasteiger partial charge in [0.25, 0.3) is 0 Å². The van der Waals surface area contributed by atoms with Crippen LogP contribution in [0.15, 0.2) is 6.07 Å². The van der Waals surface area contributed by atoms with Crippen LogP contribution < -0.4 is 0 Å². The van der Waals surface area contributed by atoms with E-state index in [0.29, 0.717) is 12.0 Å². The molecular weight excluding hydrogens is 209 g/mol. The van der Waals surface area contributed by atoms with Gasteiger partial charge in [0, 0.05) is 5.69 Å². The number of carbonyl (C=O) groups excluding carboxylic acids is 1. The normalized spacial score (nSPS) is 12.1. The van der Waals surface area contributed by atoms with Crippen molar-refractivity contribution in [1.82, 2.24) is 9.78 Å². The van der Waals surface area contributed by atoms with Crippen LogP contribution in [-0.2, 0) is 17.5 Å². The molecule has 84 valence electrons. The second-order valence-electron chi connectivity index (χ2n) is 3.46. The lowest BCUT2D eigenvalue weighted by molar-refractivity contribution is -0.141. The number of aromatic nitrogens is 2. The zero-order valence-electron chi connectivity index (χ0n) is 8.38. The molecule has 6 heteroatoms. The lowest BCUT2D eigenvalue weighted by atomic mass is 10.1. The van der Waals surface area contributed by atoms with Gasteiger partial charge in [-0.2, -0.15) is 18.3 Å². The minimum atomic E-state index is -4.46. The van der Waals surface area contributed by atoms with E-state index in [1.807, 2.05) is 0 Å². The number of halogens is 3. The third-order valence-electron chi connectivity index (χ3n) is 1.94. The van der Waals surface area contributed by atoms with Crippen LogP contribution in [0.4, 0.5) is 13.2 Å². The van der Waals surface area contributed by atoms with Gasteiger partial charge in [0.1, 0.15) is 6.29 Å². The first kappa shape index (κ1) is 11.7. The molecule has 1 aromatic heterocycles. The first-order valence-electron chi connectivity index (χ1n) is 4.45. The zero-order chi connectivity index (χ0) is 11.6. The summed E-state index contributed by atoms with van der Waals surface area (Å²) in [5, 5.41) is 3.35. The summed E-state index contributed by atoms with van der Waals surface area (Å²) in [6.07, 6.45) is -3.93. The summed E-state index contributed by atoms with van der Waals surface area (Å²) in [4.78, 5) is 10.3. The van der Waals surface area contributed by atoms with Crippen LogP contribution in [-0.4, -0.2) is 16.1 Å². The van der Waals surface area contributed by atoms with Gasteiger partial charge in [-0.25, -0.2) is 0 Å². The number of rotatable bonds is 3. The molecular formula is C9H11F3N2O. The Hall–Kier alpha value is -1.33. The van der Waals surface area contributed by atoms with Crippen LogP contribution in [0.2, 0.25) is 0 Å². The third kappa shape index (κ3) is 2.57. The smallest absolute Gasteiger partial charge is 0.301 e. The molecule has 3 nitrogen and oxygen atoms in total. The molecule has 0 radical (unpaired) electrons. The maximum atomic E-state index is 12.3. The molecule has 15 heavy (non-hydrogen) atoms. The molecule has 0 bridgehead atoms. The fourth-order valence-electron chi connectivity index (χ4n) is 1.25. The molecule has 0 aliphatic heterocycles. The highest BCUT2D eigenvalue weighted by Crippen LogP contribution is 2.30. The summed E-state index contributed by atoms with van der Waals surface area (Å²) in [6.45, 7) is 3.35. The molecule has 0 amide bonds. The Balaban J connectivity index is 3.14. The minimum absolute atomic E-state index is 0.103. The van der Waals surface area contributed by atoms with Crippen LogP contribution in [0, 0.1) is 0 Å². The van der Waals surface area contributed by atoms with E-state index in [1.165, 1.54) is 0 Å². The van der Waals surface area contributed by atoms with E-state index >= 15 is 0 Å². The van der Waals surface area contributed by atoms with Gasteiger partial charge in [0.2, 0.25) is 0 Å². The van der Waals surface area contributed by atoms with Gasteiger partial charge < -0.3 is 4.79 Å². The monoisotopic (exact) mass is 220 g/mol. The van der Waals surface area contributed by atoms with E-state index in [2.05, 4.69) is 5.10 Å². The molecule has 0 aliphatic carbocycles. The SMILES string of the molecule is CC(C)c1cc(C(F)(F)F)nn1CC=O. The molecule has 0 atom stereocenters. The van der Waals surface area contributed by atoms with Crippen LogP contribution >= 0.6 is 0 Å². The average Bonchev–Trinajstić information content (AvgIpc) is 2.48. The van der Waals surface area contributed by atoms with Crippen molar-refractivity contribution in [2.45, 2.75) is 32.5 Å². The summed E-state index contributed by atoms with van der Waals surface area (Å²) < 4.78 is 38.0. The number of alkyl halides is 3.